The summed E-state index contributed by atoms with van der Waals surface area (Å²) in [6.07, 6.45) is 4.33. The second-order valence-corrected chi connectivity index (χ2v) is 7.56. The number of nitrogens with zero attached hydrogens (tertiary/aromatic N) is 2. The number of methoxy groups -OCH3 is 2. The van der Waals surface area contributed by atoms with Gasteiger partial charge < -0.3 is 14.6 Å². The number of para-hydroxylation sites is 1. The first-order chi connectivity index (χ1) is 14.6. The molecule has 0 amide bonds. The lowest BCUT2D eigenvalue weighted by Crippen LogP contribution is -2.47. The summed E-state index contributed by atoms with van der Waals surface area (Å²) < 4.78 is 11.1. The SMILES string of the molecule is COc1ccc(OC)c(C(c2cnc3ccccc3c2)N2CCCCC2C(=O)O)c1. The summed E-state index contributed by atoms with van der Waals surface area (Å²) in [5, 5.41) is 11.0. The van der Waals surface area contributed by atoms with E-state index in [1.165, 1.54) is 0 Å². The molecular weight excluding hydrogens is 380 g/mol. The van der Waals surface area contributed by atoms with E-state index in [9.17, 15) is 9.90 Å². The Morgan fingerprint density at radius 1 is 1.13 bits per heavy atom. The van der Waals surface area contributed by atoms with Gasteiger partial charge in [0.05, 0.1) is 25.8 Å². The summed E-state index contributed by atoms with van der Waals surface area (Å²) in [6.45, 7) is 0.689. The molecule has 30 heavy (non-hydrogen) atoms. The van der Waals surface area contributed by atoms with Crippen molar-refractivity contribution in [1.82, 2.24) is 9.88 Å². The highest BCUT2D eigenvalue weighted by Crippen LogP contribution is 2.40. The Morgan fingerprint density at radius 3 is 2.73 bits per heavy atom. The van der Waals surface area contributed by atoms with Crippen LogP contribution in [0.15, 0.2) is 54.7 Å². The first-order valence-corrected chi connectivity index (χ1v) is 10.2. The highest BCUT2D eigenvalue weighted by Gasteiger charge is 2.36. The van der Waals surface area contributed by atoms with E-state index < -0.39 is 12.0 Å². The highest BCUT2D eigenvalue weighted by atomic mass is 16.5. The molecular formula is C24H26N2O4. The summed E-state index contributed by atoms with van der Waals surface area (Å²) in [7, 11) is 3.25. The Labute approximate surface area is 176 Å². The monoisotopic (exact) mass is 406 g/mol. The fourth-order valence-corrected chi connectivity index (χ4v) is 4.37. The summed E-state index contributed by atoms with van der Waals surface area (Å²) in [5.41, 5.74) is 2.72. The number of hydrogen-bond donors (Lipinski definition) is 1. The zero-order valence-corrected chi connectivity index (χ0v) is 17.2. The van der Waals surface area contributed by atoms with Crippen LogP contribution in [0.1, 0.15) is 36.4 Å². The Balaban J connectivity index is 1.91. The lowest BCUT2D eigenvalue weighted by molar-refractivity contribution is -0.145. The zero-order valence-electron chi connectivity index (χ0n) is 17.2. The maximum Gasteiger partial charge on any atom is 0.320 e. The smallest absolute Gasteiger partial charge is 0.320 e. The van der Waals surface area contributed by atoms with Gasteiger partial charge in [-0.15, -0.1) is 0 Å². The standard InChI is InChI=1S/C24H26N2O4/c1-29-18-10-11-22(30-2)19(14-18)23(26-12-6-5-9-21(26)24(27)28)17-13-16-7-3-4-8-20(16)25-15-17/h3-4,7-8,10-11,13-15,21,23H,5-6,9,12H2,1-2H3,(H,27,28). The van der Waals surface area contributed by atoms with Crippen LogP contribution in [-0.4, -0.2) is 47.8 Å². The number of rotatable bonds is 6. The Bertz CT molecular complexity index is 1050. The molecule has 0 bridgehead atoms. The largest absolute Gasteiger partial charge is 0.497 e. The van der Waals surface area contributed by atoms with Crippen LogP contribution in [0.4, 0.5) is 0 Å². The van der Waals surface area contributed by atoms with Crippen molar-refractivity contribution in [2.75, 3.05) is 20.8 Å². The van der Waals surface area contributed by atoms with Crippen molar-refractivity contribution in [1.29, 1.82) is 0 Å². The minimum atomic E-state index is -0.796. The van der Waals surface area contributed by atoms with Crippen molar-refractivity contribution in [3.8, 4) is 11.5 Å². The van der Waals surface area contributed by atoms with Crippen LogP contribution in [0.3, 0.4) is 0 Å². The van der Waals surface area contributed by atoms with E-state index in [4.69, 9.17) is 9.47 Å². The number of carboxylic acids is 1. The Hall–Kier alpha value is -3.12. The lowest BCUT2D eigenvalue weighted by atomic mass is 9.91. The maximum absolute atomic E-state index is 12.1. The van der Waals surface area contributed by atoms with Gasteiger partial charge in [0.1, 0.15) is 17.5 Å². The predicted octanol–water partition coefficient (Wildman–Crippen LogP) is 4.28. The molecule has 0 saturated carbocycles. The highest BCUT2D eigenvalue weighted by molar-refractivity contribution is 5.79. The number of benzene rings is 2. The van der Waals surface area contributed by atoms with Gasteiger partial charge in [-0.25, -0.2) is 0 Å². The Morgan fingerprint density at radius 2 is 1.97 bits per heavy atom. The molecule has 0 spiro atoms. The maximum atomic E-state index is 12.1. The number of piperidine rings is 1. The zero-order chi connectivity index (χ0) is 21.1. The topological polar surface area (TPSA) is 71.9 Å². The molecule has 0 aliphatic carbocycles. The van der Waals surface area contributed by atoms with E-state index in [2.05, 4.69) is 16.0 Å². The number of likely N-dealkylation sites (tertiary alicyclic amines) is 1. The number of aliphatic carboxylic acids is 1. The molecule has 1 fully saturated rings. The molecule has 0 radical (unpaired) electrons. The van der Waals surface area contributed by atoms with Crippen LogP contribution in [-0.2, 0) is 4.79 Å². The molecule has 4 rings (SSSR count). The molecule has 1 saturated heterocycles. The van der Waals surface area contributed by atoms with E-state index >= 15 is 0 Å². The second-order valence-electron chi connectivity index (χ2n) is 7.56. The lowest BCUT2D eigenvalue weighted by Gasteiger charge is -2.40. The van der Waals surface area contributed by atoms with Crippen LogP contribution in [0.2, 0.25) is 0 Å². The third-order valence-corrected chi connectivity index (χ3v) is 5.82. The molecule has 2 heterocycles. The van der Waals surface area contributed by atoms with E-state index in [0.717, 1.165) is 34.9 Å². The van der Waals surface area contributed by atoms with Crippen LogP contribution in [0, 0.1) is 0 Å². The average molecular weight is 406 g/mol. The van der Waals surface area contributed by atoms with Crippen LogP contribution < -0.4 is 9.47 Å². The van der Waals surface area contributed by atoms with Crippen molar-refractivity contribution in [2.45, 2.75) is 31.3 Å². The molecule has 6 nitrogen and oxygen atoms in total. The molecule has 6 heteroatoms. The van der Waals surface area contributed by atoms with Crippen molar-refractivity contribution in [2.24, 2.45) is 0 Å². The van der Waals surface area contributed by atoms with E-state index in [-0.39, 0.29) is 6.04 Å². The van der Waals surface area contributed by atoms with Gasteiger partial charge in [-0.1, -0.05) is 24.6 Å². The van der Waals surface area contributed by atoms with Gasteiger partial charge in [0, 0.05) is 17.1 Å². The first kappa shape index (κ1) is 20.2. The first-order valence-electron chi connectivity index (χ1n) is 10.2. The summed E-state index contributed by atoms with van der Waals surface area (Å²) in [4.78, 5) is 18.8. The molecule has 156 valence electrons. The summed E-state index contributed by atoms with van der Waals surface area (Å²) >= 11 is 0. The summed E-state index contributed by atoms with van der Waals surface area (Å²) in [5.74, 6) is 0.604. The van der Waals surface area contributed by atoms with Gasteiger partial charge in [0.15, 0.2) is 0 Å². The molecule has 2 unspecified atom stereocenters. The number of pyridine rings is 1. The van der Waals surface area contributed by atoms with Gasteiger partial charge in [-0.2, -0.15) is 0 Å². The number of carboxylic acid groups (broad SMARTS) is 1. The molecule has 1 aliphatic heterocycles. The van der Waals surface area contributed by atoms with Crippen LogP contribution in [0.5, 0.6) is 11.5 Å². The van der Waals surface area contributed by atoms with Gasteiger partial charge in [0.25, 0.3) is 0 Å². The van der Waals surface area contributed by atoms with Crippen LogP contribution in [0.25, 0.3) is 10.9 Å². The predicted molar refractivity (Wildman–Crippen MR) is 115 cm³/mol. The normalized spacial score (nSPS) is 18.1. The van der Waals surface area contributed by atoms with Gasteiger partial charge in [-0.05, 0) is 55.3 Å². The Kier molecular flexibility index (Phi) is 5.86. The van der Waals surface area contributed by atoms with Crippen molar-refractivity contribution in [3.63, 3.8) is 0 Å². The van der Waals surface area contributed by atoms with Gasteiger partial charge in [-0.3, -0.25) is 14.7 Å². The quantitative estimate of drug-likeness (QED) is 0.659. The number of ether oxygens (including phenoxy) is 2. The number of aromatic nitrogens is 1. The average Bonchev–Trinajstić information content (AvgIpc) is 2.79. The van der Waals surface area contributed by atoms with E-state index in [0.29, 0.717) is 24.5 Å². The third-order valence-electron chi connectivity index (χ3n) is 5.82. The summed E-state index contributed by atoms with van der Waals surface area (Å²) in [6, 6.07) is 14.8. The molecule has 3 aromatic rings. The third kappa shape index (κ3) is 3.83. The fraction of sp³-hybridized carbons (Fsp3) is 0.333. The minimum absolute atomic E-state index is 0.312. The molecule has 2 aromatic carbocycles. The molecule has 1 N–H and O–H groups in total. The number of hydrogen-bond acceptors (Lipinski definition) is 5. The van der Waals surface area contributed by atoms with Crippen molar-refractivity contribution in [3.05, 3.63) is 65.9 Å². The van der Waals surface area contributed by atoms with Crippen molar-refractivity contribution >= 4 is 16.9 Å². The second kappa shape index (κ2) is 8.71. The van der Waals surface area contributed by atoms with Gasteiger partial charge in [0.2, 0.25) is 0 Å². The number of fused-ring (bicyclic) bond motifs is 1. The van der Waals surface area contributed by atoms with Crippen molar-refractivity contribution < 1.29 is 19.4 Å². The van der Waals surface area contributed by atoms with Gasteiger partial charge >= 0.3 is 5.97 Å². The van der Waals surface area contributed by atoms with Crippen LogP contribution >= 0.6 is 0 Å². The number of carbonyl (C=O) groups is 1. The minimum Gasteiger partial charge on any atom is -0.497 e. The van der Waals surface area contributed by atoms with E-state index in [1.54, 1.807) is 14.2 Å². The molecule has 1 aromatic heterocycles. The fourth-order valence-electron chi connectivity index (χ4n) is 4.37. The molecule has 2 atom stereocenters. The van der Waals surface area contributed by atoms with E-state index in [1.807, 2.05) is 48.7 Å². The molecule has 1 aliphatic rings.